The van der Waals surface area contributed by atoms with Gasteiger partial charge in [0.25, 0.3) is 0 Å². The number of hydrogen-bond donors (Lipinski definition) is 1. The van der Waals surface area contributed by atoms with Crippen LogP contribution in [-0.4, -0.2) is 16.8 Å². The van der Waals surface area contributed by atoms with Crippen LogP contribution in [0.3, 0.4) is 0 Å². The second-order valence-electron chi connectivity index (χ2n) is 2.63. The lowest BCUT2D eigenvalue weighted by Crippen LogP contribution is -2.03. The van der Waals surface area contributed by atoms with Crippen molar-refractivity contribution in [2.45, 2.75) is 6.42 Å². The van der Waals surface area contributed by atoms with Crippen molar-refractivity contribution in [2.24, 2.45) is 0 Å². The van der Waals surface area contributed by atoms with E-state index in [0.29, 0.717) is 10.9 Å². The zero-order valence-corrected chi connectivity index (χ0v) is 9.10. The SMILES string of the molecule is O=C(CCl)Cc1ccc(O)c(Br)c1. The minimum absolute atomic E-state index is 0.0263. The van der Waals surface area contributed by atoms with Crippen LogP contribution in [0.5, 0.6) is 5.75 Å². The molecule has 0 bridgehead atoms. The number of hydrogen-bond acceptors (Lipinski definition) is 2. The Morgan fingerprint density at radius 1 is 1.54 bits per heavy atom. The van der Waals surface area contributed by atoms with E-state index in [0.717, 1.165) is 5.56 Å². The van der Waals surface area contributed by atoms with Crippen LogP contribution in [-0.2, 0) is 11.2 Å². The highest BCUT2D eigenvalue weighted by molar-refractivity contribution is 9.10. The molecule has 0 heterocycles. The Morgan fingerprint density at radius 3 is 2.77 bits per heavy atom. The summed E-state index contributed by atoms with van der Waals surface area (Å²) < 4.78 is 0.590. The molecule has 4 heteroatoms. The third-order valence-corrected chi connectivity index (χ3v) is 2.50. The molecule has 0 saturated heterocycles. The summed E-state index contributed by atoms with van der Waals surface area (Å²) in [5, 5.41) is 9.18. The molecule has 13 heavy (non-hydrogen) atoms. The molecule has 70 valence electrons. The first-order chi connectivity index (χ1) is 6.13. The van der Waals surface area contributed by atoms with Crippen LogP contribution >= 0.6 is 27.5 Å². The summed E-state index contributed by atoms with van der Waals surface area (Å²) in [6.45, 7) is 0. The van der Waals surface area contributed by atoms with Crippen LogP contribution in [0.1, 0.15) is 5.56 Å². The fraction of sp³-hybridized carbons (Fsp3) is 0.222. The van der Waals surface area contributed by atoms with Gasteiger partial charge in [-0.1, -0.05) is 6.07 Å². The van der Waals surface area contributed by atoms with E-state index in [1.165, 1.54) is 0 Å². The van der Waals surface area contributed by atoms with Crippen LogP contribution in [0.25, 0.3) is 0 Å². The number of alkyl halides is 1. The molecule has 0 unspecified atom stereocenters. The van der Waals surface area contributed by atoms with Crippen LogP contribution in [0.2, 0.25) is 0 Å². The summed E-state index contributed by atoms with van der Waals surface area (Å²) >= 11 is 8.53. The van der Waals surface area contributed by atoms with Gasteiger partial charge >= 0.3 is 0 Å². The van der Waals surface area contributed by atoms with Gasteiger partial charge in [0.2, 0.25) is 0 Å². The first-order valence-corrected chi connectivity index (χ1v) is 5.01. The van der Waals surface area contributed by atoms with E-state index in [2.05, 4.69) is 15.9 Å². The van der Waals surface area contributed by atoms with Gasteiger partial charge in [-0.15, -0.1) is 11.6 Å². The van der Waals surface area contributed by atoms with Crippen molar-refractivity contribution in [2.75, 3.05) is 5.88 Å². The number of carbonyl (C=O) groups excluding carboxylic acids is 1. The van der Waals surface area contributed by atoms with Gasteiger partial charge in [-0.2, -0.15) is 0 Å². The Morgan fingerprint density at radius 2 is 2.23 bits per heavy atom. The monoisotopic (exact) mass is 262 g/mol. The molecule has 1 rings (SSSR count). The van der Waals surface area contributed by atoms with Gasteiger partial charge in [-0.05, 0) is 33.6 Å². The number of phenolic OH excluding ortho intramolecular Hbond substituents is 1. The van der Waals surface area contributed by atoms with E-state index in [1.54, 1.807) is 18.2 Å². The topological polar surface area (TPSA) is 37.3 Å². The van der Waals surface area contributed by atoms with E-state index in [1.807, 2.05) is 0 Å². The molecule has 2 nitrogen and oxygen atoms in total. The summed E-state index contributed by atoms with van der Waals surface area (Å²) in [4.78, 5) is 11.0. The lowest BCUT2D eigenvalue weighted by molar-refractivity contribution is -0.116. The number of Topliss-reactive ketones (excluding diaryl/α,β-unsaturated/α-hetero) is 1. The highest BCUT2D eigenvalue weighted by atomic mass is 79.9. The van der Waals surface area contributed by atoms with Crippen molar-refractivity contribution in [3.8, 4) is 5.75 Å². The van der Waals surface area contributed by atoms with Crippen LogP contribution in [0.4, 0.5) is 0 Å². The fourth-order valence-corrected chi connectivity index (χ4v) is 1.46. The van der Waals surface area contributed by atoms with E-state index in [9.17, 15) is 9.90 Å². The van der Waals surface area contributed by atoms with Gasteiger partial charge in [-0.3, -0.25) is 4.79 Å². The van der Waals surface area contributed by atoms with Gasteiger partial charge in [-0.25, -0.2) is 0 Å². The van der Waals surface area contributed by atoms with Gasteiger partial charge in [0, 0.05) is 6.42 Å². The summed E-state index contributed by atoms with van der Waals surface area (Å²) in [6, 6.07) is 4.95. The van der Waals surface area contributed by atoms with Crippen LogP contribution in [0.15, 0.2) is 22.7 Å². The van der Waals surface area contributed by atoms with E-state index in [4.69, 9.17) is 11.6 Å². The minimum atomic E-state index is -0.0285. The van der Waals surface area contributed by atoms with Crippen molar-refractivity contribution in [3.63, 3.8) is 0 Å². The summed E-state index contributed by atoms with van der Waals surface area (Å²) in [7, 11) is 0. The highest BCUT2D eigenvalue weighted by Gasteiger charge is 2.04. The Bertz CT molecular complexity index is 325. The molecule has 0 amide bonds. The molecular formula is C9H8BrClO2. The quantitative estimate of drug-likeness (QED) is 0.851. The summed E-state index contributed by atoms with van der Waals surface area (Å²) in [5.41, 5.74) is 0.843. The molecule has 1 aromatic rings. The maximum absolute atomic E-state index is 11.0. The molecule has 0 radical (unpaired) electrons. The van der Waals surface area contributed by atoms with Crippen molar-refractivity contribution >= 4 is 33.3 Å². The predicted octanol–water partition coefficient (Wildman–Crippen LogP) is 2.51. The third kappa shape index (κ3) is 3.01. The van der Waals surface area contributed by atoms with E-state index >= 15 is 0 Å². The summed E-state index contributed by atoms with van der Waals surface area (Å²) in [6.07, 6.45) is 0.308. The van der Waals surface area contributed by atoms with Gasteiger partial charge in [0.1, 0.15) is 5.75 Å². The second kappa shape index (κ2) is 4.63. The molecule has 0 fully saturated rings. The van der Waals surface area contributed by atoms with Gasteiger partial charge < -0.3 is 5.11 Å². The first-order valence-electron chi connectivity index (χ1n) is 3.68. The number of rotatable bonds is 3. The van der Waals surface area contributed by atoms with Crippen molar-refractivity contribution < 1.29 is 9.90 Å². The van der Waals surface area contributed by atoms with Crippen molar-refractivity contribution in [3.05, 3.63) is 28.2 Å². The van der Waals surface area contributed by atoms with Crippen LogP contribution < -0.4 is 0 Å². The van der Waals surface area contributed by atoms with E-state index in [-0.39, 0.29) is 17.4 Å². The number of benzene rings is 1. The first kappa shape index (κ1) is 10.5. The molecular weight excluding hydrogens is 255 g/mol. The number of halogens is 2. The van der Waals surface area contributed by atoms with Crippen molar-refractivity contribution in [1.29, 1.82) is 0 Å². The summed E-state index contributed by atoms with van der Waals surface area (Å²) in [5.74, 6) is 0.166. The molecule has 0 aromatic heterocycles. The molecule has 0 aliphatic carbocycles. The molecule has 0 aliphatic heterocycles. The average molecular weight is 264 g/mol. The molecule has 0 spiro atoms. The smallest absolute Gasteiger partial charge is 0.151 e. The third-order valence-electron chi connectivity index (χ3n) is 1.56. The standard InChI is InChI=1S/C9H8BrClO2/c10-8-4-6(1-2-9(8)13)3-7(12)5-11/h1-2,4,13H,3,5H2. The average Bonchev–Trinajstić information content (AvgIpc) is 2.11. The molecule has 0 saturated carbocycles. The maximum Gasteiger partial charge on any atom is 0.151 e. The molecule has 0 atom stereocenters. The Kier molecular flexibility index (Phi) is 3.75. The Labute approximate surface area is 89.7 Å². The van der Waals surface area contributed by atoms with E-state index < -0.39 is 0 Å². The lowest BCUT2D eigenvalue weighted by Gasteiger charge is -2.01. The molecule has 1 N–H and O–H groups in total. The lowest BCUT2D eigenvalue weighted by atomic mass is 10.1. The van der Waals surface area contributed by atoms with Crippen molar-refractivity contribution in [1.82, 2.24) is 0 Å². The molecule has 0 aliphatic rings. The fourth-order valence-electron chi connectivity index (χ4n) is 0.935. The second-order valence-corrected chi connectivity index (χ2v) is 3.76. The number of aromatic hydroxyl groups is 1. The molecule has 1 aromatic carbocycles. The highest BCUT2D eigenvalue weighted by Crippen LogP contribution is 2.24. The Balaban J connectivity index is 2.79. The zero-order valence-electron chi connectivity index (χ0n) is 6.76. The number of ketones is 1. The normalized spacial score (nSPS) is 10.0. The maximum atomic E-state index is 11.0. The van der Waals surface area contributed by atoms with Gasteiger partial charge in [0.05, 0.1) is 10.4 Å². The number of phenols is 1. The predicted molar refractivity (Wildman–Crippen MR) is 55.2 cm³/mol. The largest absolute Gasteiger partial charge is 0.507 e. The number of carbonyl (C=O) groups is 1. The Hall–Kier alpha value is -0.540. The van der Waals surface area contributed by atoms with Crippen LogP contribution in [0, 0.1) is 0 Å². The zero-order chi connectivity index (χ0) is 9.84. The van der Waals surface area contributed by atoms with Gasteiger partial charge in [0.15, 0.2) is 5.78 Å². The minimum Gasteiger partial charge on any atom is -0.507 e.